The number of carbonyl (C=O) groups excluding carboxylic acids is 2. The van der Waals surface area contributed by atoms with Crippen LogP contribution in [0.15, 0.2) is 107 Å². The van der Waals surface area contributed by atoms with Gasteiger partial charge in [0.1, 0.15) is 12.3 Å². The Balaban J connectivity index is 1.19. The van der Waals surface area contributed by atoms with E-state index in [2.05, 4.69) is 15.8 Å². The highest BCUT2D eigenvalue weighted by molar-refractivity contribution is 5.95. The average Bonchev–Trinajstić information content (AvgIpc) is 2.96. The SMILES string of the molecule is Cc1ccccc1NC(=O)COc1ccc(/C=N/NC(=O)Cn2c3ccccc3c(=O)c3ccccc32)cc1. The van der Waals surface area contributed by atoms with E-state index in [1.807, 2.05) is 72.2 Å². The van der Waals surface area contributed by atoms with Gasteiger partial charge in [0.05, 0.1) is 17.2 Å². The van der Waals surface area contributed by atoms with E-state index in [1.165, 1.54) is 6.21 Å². The summed E-state index contributed by atoms with van der Waals surface area (Å²) in [6, 6.07) is 29.0. The zero-order valence-corrected chi connectivity index (χ0v) is 21.3. The van der Waals surface area contributed by atoms with Crippen molar-refractivity contribution in [3.05, 3.63) is 118 Å². The summed E-state index contributed by atoms with van der Waals surface area (Å²) in [5.74, 6) is -0.0427. The number of fused-ring (bicyclic) bond motifs is 2. The molecule has 0 spiro atoms. The molecule has 0 atom stereocenters. The predicted molar refractivity (Wildman–Crippen MR) is 153 cm³/mol. The van der Waals surface area contributed by atoms with E-state index < -0.39 is 0 Å². The normalized spacial score (nSPS) is 11.1. The van der Waals surface area contributed by atoms with E-state index in [0.717, 1.165) is 16.8 Å². The molecule has 0 aliphatic rings. The number of ether oxygens (including phenoxy) is 1. The zero-order valence-electron chi connectivity index (χ0n) is 21.3. The summed E-state index contributed by atoms with van der Waals surface area (Å²) in [4.78, 5) is 37.8. The number of rotatable bonds is 8. The van der Waals surface area contributed by atoms with Crippen molar-refractivity contribution in [1.82, 2.24) is 9.99 Å². The Labute approximate surface area is 224 Å². The number of nitrogens with one attached hydrogen (secondary N) is 2. The Bertz CT molecular complexity index is 1700. The standard InChI is InChI=1S/C31H26N4O4/c1-21-8-2-5-11-26(21)33-30(37)20-39-23-16-14-22(15-17-23)18-32-34-29(36)19-35-27-12-6-3-9-24(27)31(38)25-10-4-7-13-28(25)35/h2-18H,19-20H2,1H3,(H,33,37)(H,34,36)/b32-18+. The van der Waals surface area contributed by atoms with Crippen molar-refractivity contribution in [3.8, 4) is 5.75 Å². The predicted octanol–water partition coefficient (Wildman–Crippen LogP) is 4.63. The van der Waals surface area contributed by atoms with Crippen molar-refractivity contribution in [1.29, 1.82) is 0 Å². The minimum Gasteiger partial charge on any atom is -0.484 e. The number of hydrogen-bond donors (Lipinski definition) is 2. The summed E-state index contributed by atoms with van der Waals surface area (Å²) < 4.78 is 7.39. The number of hydrazone groups is 1. The molecule has 1 heterocycles. The van der Waals surface area contributed by atoms with Gasteiger partial charge in [-0.05, 0) is 72.6 Å². The molecule has 194 valence electrons. The van der Waals surface area contributed by atoms with Gasteiger partial charge in [0, 0.05) is 16.5 Å². The fourth-order valence-corrected chi connectivity index (χ4v) is 4.30. The van der Waals surface area contributed by atoms with E-state index in [4.69, 9.17) is 4.74 Å². The maximum absolute atomic E-state index is 12.9. The van der Waals surface area contributed by atoms with Crippen molar-refractivity contribution < 1.29 is 14.3 Å². The molecule has 8 heteroatoms. The number of anilines is 1. The summed E-state index contributed by atoms with van der Waals surface area (Å²) in [7, 11) is 0. The summed E-state index contributed by atoms with van der Waals surface area (Å²) in [6.45, 7) is 1.80. The molecule has 5 rings (SSSR count). The molecule has 2 amide bonds. The molecule has 0 saturated carbocycles. The highest BCUT2D eigenvalue weighted by Gasteiger charge is 2.12. The van der Waals surface area contributed by atoms with Crippen molar-refractivity contribution in [2.24, 2.45) is 5.10 Å². The smallest absolute Gasteiger partial charge is 0.262 e. The van der Waals surface area contributed by atoms with Gasteiger partial charge in [-0.25, -0.2) is 5.43 Å². The maximum Gasteiger partial charge on any atom is 0.262 e. The third kappa shape index (κ3) is 5.86. The molecular formula is C31H26N4O4. The molecule has 8 nitrogen and oxygen atoms in total. The summed E-state index contributed by atoms with van der Waals surface area (Å²) in [5.41, 5.74) is 6.33. The van der Waals surface area contributed by atoms with Gasteiger partial charge in [0.25, 0.3) is 11.8 Å². The van der Waals surface area contributed by atoms with E-state index in [1.54, 1.807) is 36.4 Å². The van der Waals surface area contributed by atoms with Crippen molar-refractivity contribution in [2.75, 3.05) is 11.9 Å². The average molecular weight is 519 g/mol. The van der Waals surface area contributed by atoms with Crippen LogP contribution in [-0.2, 0) is 16.1 Å². The summed E-state index contributed by atoms with van der Waals surface area (Å²) in [5, 5.41) is 8.01. The Morgan fingerprint density at radius 2 is 1.44 bits per heavy atom. The van der Waals surface area contributed by atoms with Gasteiger partial charge in [0.15, 0.2) is 12.0 Å². The first-order chi connectivity index (χ1) is 19.0. The fourth-order valence-electron chi connectivity index (χ4n) is 4.30. The molecule has 0 aliphatic heterocycles. The molecule has 2 N–H and O–H groups in total. The molecule has 4 aromatic carbocycles. The maximum atomic E-state index is 12.9. The van der Waals surface area contributed by atoms with Gasteiger partial charge >= 0.3 is 0 Å². The molecule has 0 saturated heterocycles. The van der Waals surface area contributed by atoms with E-state index in [0.29, 0.717) is 27.6 Å². The number of aryl methyl sites for hydroxylation is 1. The van der Waals surface area contributed by atoms with Crippen molar-refractivity contribution >= 4 is 45.5 Å². The number of carbonyl (C=O) groups is 2. The van der Waals surface area contributed by atoms with Gasteiger partial charge < -0.3 is 14.6 Å². The number of hydrogen-bond acceptors (Lipinski definition) is 5. The number of benzene rings is 4. The lowest BCUT2D eigenvalue weighted by Crippen LogP contribution is -2.25. The van der Waals surface area contributed by atoms with Gasteiger partial charge in [-0.15, -0.1) is 0 Å². The van der Waals surface area contributed by atoms with Crippen LogP contribution in [0, 0.1) is 6.92 Å². The molecule has 5 aromatic rings. The quantitative estimate of drug-likeness (QED) is 0.178. The molecule has 39 heavy (non-hydrogen) atoms. The summed E-state index contributed by atoms with van der Waals surface area (Å²) >= 11 is 0. The number of pyridine rings is 1. The highest BCUT2D eigenvalue weighted by atomic mass is 16.5. The lowest BCUT2D eigenvalue weighted by Gasteiger charge is -2.14. The van der Waals surface area contributed by atoms with Crippen LogP contribution in [0.1, 0.15) is 11.1 Å². The van der Waals surface area contributed by atoms with Crippen LogP contribution >= 0.6 is 0 Å². The van der Waals surface area contributed by atoms with Crippen molar-refractivity contribution in [3.63, 3.8) is 0 Å². The van der Waals surface area contributed by atoms with Crippen LogP contribution in [0.5, 0.6) is 5.75 Å². The largest absolute Gasteiger partial charge is 0.484 e. The first kappa shape index (κ1) is 25.4. The molecule has 1 aromatic heterocycles. The van der Waals surface area contributed by atoms with E-state index in [-0.39, 0.29) is 30.4 Å². The third-order valence-electron chi connectivity index (χ3n) is 6.25. The topological polar surface area (TPSA) is 102 Å². The minimum atomic E-state index is -0.329. The van der Waals surface area contributed by atoms with E-state index >= 15 is 0 Å². The van der Waals surface area contributed by atoms with Crippen LogP contribution in [0.2, 0.25) is 0 Å². The Hall–Kier alpha value is -5.24. The molecule has 0 fully saturated rings. The third-order valence-corrected chi connectivity index (χ3v) is 6.25. The second kappa shape index (κ2) is 11.4. The second-order valence-electron chi connectivity index (χ2n) is 8.96. The monoisotopic (exact) mass is 518 g/mol. The van der Waals surface area contributed by atoms with Gasteiger partial charge in [0.2, 0.25) is 0 Å². The fraction of sp³-hybridized carbons (Fsp3) is 0.0968. The second-order valence-corrected chi connectivity index (χ2v) is 8.96. The number of aromatic nitrogens is 1. The van der Waals surface area contributed by atoms with Crippen LogP contribution in [-0.4, -0.2) is 29.2 Å². The Morgan fingerprint density at radius 3 is 2.10 bits per heavy atom. The number of nitrogens with zero attached hydrogens (tertiary/aromatic N) is 2. The number of amides is 2. The molecule has 0 bridgehead atoms. The Morgan fingerprint density at radius 1 is 0.821 bits per heavy atom. The van der Waals surface area contributed by atoms with Crippen LogP contribution < -0.4 is 20.9 Å². The van der Waals surface area contributed by atoms with E-state index in [9.17, 15) is 14.4 Å². The molecule has 0 unspecified atom stereocenters. The molecule has 0 radical (unpaired) electrons. The van der Waals surface area contributed by atoms with Gasteiger partial charge in [-0.1, -0.05) is 42.5 Å². The van der Waals surface area contributed by atoms with Crippen molar-refractivity contribution in [2.45, 2.75) is 13.5 Å². The lowest BCUT2D eigenvalue weighted by atomic mass is 10.1. The number of para-hydroxylation sites is 3. The van der Waals surface area contributed by atoms with Crippen LogP contribution in [0.25, 0.3) is 21.8 Å². The molecule has 0 aliphatic carbocycles. The van der Waals surface area contributed by atoms with Gasteiger partial charge in [-0.2, -0.15) is 5.10 Å². The minimum absolute atomic E-state index is 0.00397. The highest BCUT2D eigenvalue weighted by Crippen LogP contribution is 2.19. The first-order valence-electron chi connectivity index (χ1n) is 12.4. The van der Waals surface area contributed by atoms with Gasteiger partial charge in [-0.3, -0.25) is 14.4 Å². The lowest BCUT2D eigenvalue weighted by molar-refractivity contribution is -0.121. The zero-order chi connectivity index (χ0) is 27.2. The van der Waals surface area contributed by atoms with Crippen LogP contribution in [0.4, 0.5) is 5.69 Å². The first-order valence-corrected chi connectivity index (χ1v) is 12.4. The molecular weight excluding hydrogens is 492 g/mol. The Kier molecular flexibility index (Phi) is 7.45. The summed E-state index contributed by atoms with van der Waals surface area (Å²) in [6.07, 6.45) is 1.52. The van der Waals surface area contributed by atoms with Crippen LogP contribution in [0.3, 0.4) is 0 Å².